The number of sulfonamides is 1. The number of nitrogens with zero attached hydrogens (tertiary/aromatic N) is 1. The number of rotatable bonds is 10. The van der Waals surface area contributed by atoms with Crippen LogP contribution < -0.4 is 19.5 Å². The first-order chi connectivity index (χ1) is 13.3. The quantitative estimate of drug-likeness (QED) is 0.504. The summed E-state index contributed by atoms with van der Waals surface area (Å²) in [5.41, 5.74) is 1.83. The lowest BCUT2D eigenvalue weighted by Crippen LogP contribution is -2.35. The highest BCUT2D eigenvalue weighted by molar-refractivity contribution is 7.89. The Morgan fingerprint density at radius 3 is 2.46 bits per heavy atom. The summed E-state index contributed by atoms with van der Waals surface area (Å²) in [7, 11) is -0.545. The molecular formula is C18H26N4O5S. The lowest BCUT2D eigenvalue weighted by atomic mass is 10.1. The SMILES string of the molecule is COc1ccc(CCC(=O)NCCNS(=O)(=O)c2c(C)n[nH]c2C)cc1OC. The van der Waals surface area contributed by atoms with Crippen molar-refractivity contribution in [2.75, 3.05) is 27.3 Å². The van der Waals surface area contributed by atoms with E-state index in [9.17, 15) is 13.2 Å². The van der Waals surface area contributed by atoms with Crippen LogP contribution in [-0.4, -0.2) is 51.8 Å². The van der Waals surface area contributed by atoms with Crippen molar-refractivity contribution in [2.24, 2.45) is 0 Å². The maximum Gasteiger partial charge on any atom is 0.244 e. The number of benzene rings is 1. The Bertz CT molecular complexity index is 905. The van der Waals surface area contributed by atoms with Crippen LogP contribution in [0.1, 0.15) is 23.4 Å². The molecule has 0 bridgehead atoms. The molecule has 0 saturated carbocycles. The number of hydrogen-bond acceptors (Lipinski definition) is 6. The highest BCUT2D eigenvalue weighted by atomic mass is 32.2. The standard InChI is InChI=1S/C18H26N4O5S/c1-12-18(13(2)22-21-12)28(24,25)20-10-9-19-17(23)8-6-14-5-7-15(26-3)16(11-14)27-4/h5,7,11,20H,6,8-10H2,1-4H3,(H,19,23)(H,21,22). The van der Waals surface area contributed by atoms with Crippen molar-refractivity contribution in [3.05, 3.63) is 35.2 Å². The molecule has 0 radical (unpaired) electrons. The van der Waals surface area contributed by atoms with E-state index >= 15 is 0 Å². The predicted octanol–water partition coefficient (Wildman–Crippen LogP) is 1.07. The van der Waals surface area contributed by atoms with Gasteiger partial charge in [0.15, 0.2) is 11.5 Å². The van der Waals surface area contributed by atoms with Crippen molar-refractivity contribution in [2.45, 2.75) is 31.6 Å². The van der Waals surface area contributed by atoms with Gasteiger partial charge in [-0.1, -0.05) is 6.07 Å². The first kappa shape index (κ1) is 21.7. The van der Waals surface area contributed by atoms with Gasteiger partial charge >= 0.3 is 0 Å². The van der Waals surface area contributed by atoms with Crippen molar-refractivity contribution >= 4 is 15.9 Å². The molecule has 1 aromatic carbocycles. The zero-order valence-corrected chi connectivity index (χ0v) is 17.3. The predicted molar refractivity (Wildman–Crippen MR) is 104 cm³/mol. The van der Waals surface area contributed by atoms with Gasteiger partial charge in [-0.05, 0) is 38.0 Å². The van der Waals surface area contributed by atoms with Gasteiger partial charge in [-0.2, -0.15) is 5.10 Å². The Morgan fingerprint density at radius 2 is 1.86 bits per heavy atom. The number of carbonyl (C=O) groups is 1. The number of aromatic amines is 1. The lowest BCUT2D eigenvalue weighted by molar-refractivity contribution is -0.121. The third-order valence-electron chi connectivity index (χ3n) is 4.16. The molecule has 0 aliphatic carbocycles. The summed E-state index contributed by atoms with van der Waals surface area (Å²) in [5.74, 6) is 1.08. The zero-order valence-electron chi connectivity index (χ0n) is 16.5. The van der Waals surface area contributed by atoms with Crippen LogP contribution in [-0.2, 0) is 21.2 Å². The molecule has 9 nitrogen and oxygen atoms in total. The number of methoxy groups -OCH3 is 2. The van der Waals surface area contributed by atoms with Crippen LogP contribution in [0.2, 0.25) is 0 Å². The molecule has 28 heavy (non-hydrogen) atoms. The molecule has 0 spiro atoms. The van der Waals surface area contributed by atoms with Crippen LogP contribution >= 0.6 is 0 Å². The van der Waals surface area contributed by atoms with Crippen molar-refractivity contribution in [3.63, 3.8) is 0 Å². The molecule has 0 fully saturated rings. The maximum atomic E-state index is 12.3. The van der Waals surface area contributed by atoms with Gasteiger partial charge in [-0.25, -0.2) is 13.1 Å². The van der Waals surface area contributed by atoms with Crippen LogP contribution in [0.4, 0.5) is 0 Å². The molecule has 2 aromatic rings. The number of hydrogen-bond donors (Lipinski definition) is 3. The number of aromatic nitrogens is 2. The van der Waals surface area contributed by atoms with Crippen LogP contribution in [0.3, 0.4) is 0 Å². The van der Waals surface area contributed by atoms with E-state index in [1.165, 1.54) is 0 Å². The molecule has 0 aliphatic heterocycles. The molecule has 1 amide bonds. The van der Waals surface area contributed by atoms with Crippen LogP contribution in [0.25, 0.3) is 0 Å². The molecule has 0 aliphatic rings. The topological polar surface area (TPSA) is 122 Å². The molecule has 3 N–H and O–H groups in total. The van der Waals surface area contributed by atoms with Gasteiger partial charge in [0, 0.05) is 19.5 Å². The molecule has 2 rings (SSSR count). The third kappa shape index (κ3) is 5.46. The van der Waals surface area contributed by atoms with Crippen molar-refractivity contribution < 1.29 is 22.7 Å². The smallest absolute Gasteiger partial charge is 0.244 e. The fraction of sp³-hybridized carbons (Fsp3) is 0.444. The molecule has 0 atom stereocenters. The summed E-state index contributed by atoms with van der Waals surface area (Å²) in [4.78, 5) is 12.1. The minimum Gasteiger partial charge on any atom is -0.493 e. The van der Waals surface area contributed by atoms with Gasteiger partial charge in [-0.15, -0.1) is 0 Å². The Labute approximate surface area is 164 Å². The van der Waals surface area contributed by atoms with E-state index in [0.29, 0.717) is 29.3 Å². The van der Waals surface area contributed by atoms with E-state index in [-0.39, 0.29) is 30.3 Å². The Hall–Kier alpha value is -2.59. The molecule has 1 heterocycles. The van der Waals surface area contributed by atoms with E-state index in [2.05, 4.69) is 20.2 Å². The van der Waals surface area contributed by atoms with Crippen molar-refractivity contribution in [3.8, 4) is 11.5 Å². The fourth-order valence-electron chi connectivity index (χ4n) is 2.78. The lowest BCUT2D eigenvalue weighted by Gasteiger charge is -2.10. The first-order valence-electron chi connectivity index (χ1n) is 8.77. The molecule has 10 heteroatoms. The monoisotopic (exact) mass is 410 g/mol. The number of amides is 1. The van der Waals surface area contributed by atoms with Crippen LogP contribution in [0.5, 0.6) is 11.5 Å². The molecule has 154 valence electrons. The molecule has 1 aromatic heterocycles. The minimum atomic E-state index is -3.67. The zero-order chi connectivity index (χ0) is 20.7. The summed E-state index contributed by atoms with van der Waals surface area (Å²) in [5, 5.41) is 9.23. The highest BCUT2D eigenvalue weighted by Gasteiger charge is 2.21. The van der Waals surface area contributed by atoms with Gasteiger partial charge in [-0.3, -0.25) is 9.89 Å². The number of H-pyrrole nitrogens is 1. The molecule has 0 saturated heterocycles. The third-order valence-corrected chi connectivity index (χ3v) is 5.88. The summed E-state index contributed by atoms with van der Waals surface area (Å²) in [6.07, 6.45) is 0.813. The van der Waals surface area contributed by atoms with E-state index in [1.807, 2.05) is 12.1 Å². The Morgan fingerprint density at radius 1 is 1.14 bits per heavy atom. The maximum absolute atomic E-state index is 12.3. The first-order valence-corrected chi connectivity index (χ1v) is 10.3. The van der Waals surface area contributed by atoms with Crippen molar-refractivity contribution in [1.29, 1.82) is 0 Å². The van der Waals surface area contributed by atoms with Gasteiger partial charge in [0.25, 0.3) is 0 Å². The van der Waals surface area contributed by atoms with E-state index < -0.39 is 10.0 Å². The van der Waals surface area contributed by atoms with Crippen molar-refractivity contribution in [1.82, 2.24) is 20.2 Å². The van der Waals surface area contributed by atoms with E-state index in [0.717, 1.165) is 5.56 Å². The fourth-order valence-corrected chi connectivity index (χ4v) is 4.18. The Kier molecular flexibility index (Phi) is 7.41. The Balaban J connectivity index is 1.77. The molecular weight excluding hydrogens is 384 g/mol. The van der Waals surface area contributed by atoms with E-state index in [1.54, 1.807) is 34.1 Å². The normalized spacial score (nSPS) is 11.3. The van der Waals surface area contributed by atoms with Gasteiger partial charge in [0.2, 0.25) is 15.9 Å². The molecule has 0 unspecified atom stereocenters. The van der Waals surface area contributed by atoms with Gasteiger partial charge in [0.1, 0.15) is 4.90 Å². The summed E-state index contributed by atoms with van der Waals surface area (Å²) < 4.78 is 37.5. The number of aryl methyl sites for hydroxylation is 3. The highest BCUT2D eigenvalue weighted by Crippen LogP contribution is 2.27. The second kappa shape index (κ2) is 9.56. The second-order valence-electron chi connectivity index (χ2n) is 6.20. The average Bonchev–Trinajstić information content (AvgIpc) is 3.02. The van der Waals surface area contributed by atoms with E-state index in [4.69, 9.17) is 9.47 Å². The number of nitrogens with one attached hydrogen (secondary N) is 3. The average molecular weight is 410 g/mol. The van der Waals surface area contributed by atoms with Crippen LogP contribution in [0.15, 0.2) is 23.1 Å². The van der Waals surface area contributed by atoms with Gasteiger partial charge in [0.05, 0.1) is 25.6 Å². The summed E-state index contributed by atoms with van der Waals surface area (Å²) in [6.45, 7) is 3.55. The summed E-state index contributed by atoms with van der Waals surface area (Å²) in [6, 6.07) is 5.49. The van der Waals surface area contributed by atoms with Gasteiger partial charge < -0.3 is 14.8 Å². The minimum absolute atomic E-state index is 0.0918. The number of ether oxygens (including phenoxy) is 2. The number of carbonyl (C=O) groups excluding carboxylic acids is 1. The summed E-state index contributed by atoms with van der Waals surface area (Å²) >= 11 is 0. The van der Waals surface area contributed by atoms with Crippen LogP contribution in [0, 0.1) is 13.8 Å². The largest absolute Gasteiger partial charge is 0.493 e. The second-order valence-corrected chi connectivity index (χ2v) is 7.90.